The zero-order valence-electron chi connectivity index (χ0n) is 11.4. The van der Waals surface area contributed by atoms with E-state index in [1.165, 1.54) is 30.3 Å². The van der Waals surface area contributed by atoms with Crippen molar-refractivity contribution in [2.75, 3.05) is 13.1 Å². The molecule has 0 spiro atoms. The average Bonchev–Trinajstić information content (AvgIpc) is 3.11. The maximum absolute atomic E-state index is 12.1. The molecule has 0 bridgehead atoms. The molecule has 1 aliphatic carbocycles. The fourth-order valence-corrected chi connectivity index (χ4v) is 3.22. The van der Waals surface area contributed by atoms with Gasteiger partial charge < -0.3 is 10.6 Å². The zero-order chi connectivity index (χ0) is 14.4. The highest BCUT2D eigenvalue weighted by Gasteiger charge is 2.25. The van der Waals surface area contributed by atoms with Gasteiger partial charge in [-0.2, -0.15) is 0 Å². The van der Waals surface area contributed by atoms with Gasteiger partial charge in [0.25, 0.3) is 5.91 Å². The van der Waals surface area contributed by atoms with Gasteiger partial charge in [-0.1, -0.05) is 19.4 Å². The van der Waals surface area contributed by atoms with Crippen molar-refractivity contribution in [3.05, 3.63) is 28.7 Å². The number of aromatic nitrogens is 1. The van der Waals surface area contributed by atoms with Gasteiger partial charge in [-0.25, -0.2) is 4.98 Å². The van der Waals surface area contributed by atoms with E-state index in [-0.39, 0.29) is 11.8 Å². The van der Waals surface area contributed by atoms with E-state index in [0.717, 1.165) is 18.5 Å². The number of carbonyl (C=O) groups is 2. The molecule has 0 aliphatic heterocycles. The van der Waals surface area contributed by atoms with Crippen molar-refractivity contribution >= 4 is 23.2 Å². The van der Waals surface area contributed by atoms with E-state index in [4.69, 9.17) is 0 Å². The Morgan fingerprint density at radius 1 is 1.35 bits per heavy atom. The quantitative estimate of drug-likeness (QED) is 0.621. The molecule has 1 aromatic heterocycles. The van der Waals surface area contributed by atoms with Crippen molar-refractivity contribution in [1.82, 2.24) is 15.6 Å². The van der Waals surface area contributed by atoms with Gasteiger partial charge in [0.1, 0.15) is 4.88 Å². The van der Waals surface area contributed by atoms with Crippen LogP contribution in [0.4, 0.5) is 0 Å². The van der Waals surface area contributed by atoms with Gasteiger partial charge in [0.2, 0.25) is 5.91 Å². The summed E-state index contributed by atoms with van der Waals surface area (Å²) < 4.78 is 0. The van der Waals surface area contributed by atoms with Crippen LogP contribution in [-0.2, 0) is 4.79 Å². The molecule has 2 amide bonds. The van der Waals surface area contributed by atoms with Crippen LogP contribution in [0.3, 0.4) is 0 Å². The monoisotopic (exact) mass is 293 g/mol. The van der Waals surface area contributed by atoms with Gasteiger partial charge in [-0.3, -0.25) is 9.59 Å². The molecule has 1 aliphatic rings. The minimum atomic E-state index is -0.233. The number of hydrogen-bond donors (Lipinski definition) is 2. The van der Waals surface area contributed by atoms with Crippen LogP contribution in [0.25, 0.3) is 0 Å². The van der Waals surface area contributed by atoms with Gasteiger partial charge in [0, 0.05) is 19.0 Å². The number of rotatable bonds is 6. The molecule has 1 fully saturated rings. The molecular weight excluding hydrogens is 274 g/mol. The lowest BCUT2D eigenvalue weighted by atomic mass is 10.0. The Kier molecular flexibility index (Phi) is 5.29. The SMILES string of the molecule is C=CC(=O)NCCNC(=O)c1scnc1C1CCCC1. The lowest BCUT2D eigenvalue weighted by Gasteiger charge is -2.09. The molecule has 20 heavy (non-hydrogen) atoms. The molecule has 1 saturated carbocycles. The second-order valence-electron chi connectivity index (χ2n) is 4.80. The third-order valence-corrected chi connectivity index (χ3v) is 4.28. The molecule has 0 unspecified atom stereocenters. The lowest BCUT2D eigenvalue weighted by molar-refractivity contribution is -0.116. The van der Waals surface area contributed by atoms with Crippen molar-refractivity contribution in [2.24, 2.45) is 0 Å². The molecule has 1 aromatic rings. The summed E-state index contributed by atoms with van der Waals surface area (Å²) in [6.45, 7) is 4.16. The predicted octanol–water partition coefficient (Wildman–Crippen LogP) is 1.83. The highest BCUT2D eigenvalue weighted by atomic mass is 32.1. The zero-order valence-corrected chi connectivity index (χ0v) is 12.2. The maximum Gasteiger partial charge on any atom is 0.263 e. The molecule has 0 atom stereocenters. The van der Waals surface area contributed by atoms with Crippen LogP contribution in [0.1, 0.15) is 47.0 Å². The van der Waals surface area contributed by atoms with E-state index >= 15 is 0 Å². The summed E-state index contributed by atoms with van der Waals surface area (Å²) >= 11 is 1.39. The maximum atomic E-state index is 12.1. The van der Waals surface area contributed by atoms with E-state index in [1.54, 1.807) is 5.51 Å². The summed E-state index contributed by atoms with van der Waals surface area (Å²) in [4.78, 5) is 28.2. The summed E-state index contributed by atoms with van der Waals surface area (Å²) in [5, 5.41) is 5.43. The summed E-state index contributed by atoms with van der Waals surface area (Å²) in [6, 6.07) is 0. The van der Waals surface area contributed by atoms with E-state index in [0.29, 0.717) is 23.9 Å². The molecule has 5 nitrogen and oxygen atoms in total. The van der Waals surface area contributed by atoms with E-state index in [1.807, 2.05) is 0 Å². The smallest absolute Gasteiger partial charge is 0.263 e. The minimum absolute atomic E-state index is 0.0951. The Bertz CT molecular complexity index is 492. The van der Waals surface area contributed by atoms with E-state index in [9.17, 15) is 9.59 Å². The van der Waals surface area contributed by atoms with Crippen LogP contribution in [0.15, 0.2) is 18.2 Å². The summed E-state index contributed by atoms with van der Waals surface area (Å²) in [5.41, 5.74) is 2.68. The van der Waals surface area contributed by atoms with Crippen LogP contribution >= 0.6 is 11.3 Å². The van der Waals surface area contributed by atoms with Gasteiger partial charge >= 0.3 is 0 Å². The van der Waals surface area contributed by atoms with Gasteiger partial charge in [0.15, 0.2) is 0 Å². The van der Waals surface area contributed by atoms with Crippen molar-refractivity contribution in [2.45, 2.75) is 31.6 Å². The van der Waals surface area contributed by atoms with Gasteiger partial charge in [-0.15, -0.1) is 11.3 Å². The third kappa shape index (κ3) is 3.66. The van der Waals surface area contributed by atoms with Crippen LogP contribution in [0, 0.1) is 0 Å². The summed E-state index contributed by atoms with van der Waals surface area (Å²) in [7, 11) is 0. The first-order valence-electron chi connectivity index (χ1n) is 6.84. The summed E-state index contributed by atoms with van der Waals surface area (Å²) in [5.74, 6) is 0.105. The van der Waals surface area contributed by atoms with E-state index < -0.39 is 0 Å². The Morgan fingerprint density at radius 3 is 2.75 bits per heavy atom. The number of hydrogen-bond acceptors (Lipinski definition) is 4. The highest BCUT2D eigenvalue weighted by molar-refractivity contribution is 7.11. The van der Waals surface area contributed by atoms with Crippen molar-refractivity contribution in [3.8, 4) is 0 Å². The molecule has 0 saturated heterocycles. The number of nitrogens with zero attached hydrogens (tertiary/aromatic N) is 1. The number of nitrogens with one attached hydrogen (secondary N) is 2. The predicted molar refractivity (Wildman–Crippen MR) is 78.9 cm³/mol. The standard InChI is InChI=1S/C14H19N3O2S/c1-2-11(18)15-7-8-16-14(19)13-12(17-9-20-13)10-5-3-4-6-10/h2,9-10H,1,3-8H2,(H,15,18)(H,16,19). The van der Waals surface area contributed by atoms with Gasteiger partial charge in [-0.05, 0) is 18.9 Å². The third-order valence-electron chi connectivity index (χ3n) is 3.44. The first-order chi connectivity index (χ1) is 9.72. The Labute approximate surface area is 122 Å². The normalized spacial score (nSPS) is 15.0. The van der Waals surface area contributed by atoms with Crippen molar-refractivity contribution in [3.63, 3.8) is 0 Å². The van der Waals surface area contributed by atoms with Crippen molar-refractivity contribution in [1.29, 1.82) is 0 Å². The van der Waals surface area contributed by atoms with Crippen molar-refractivity contribution < 1.29 is 9.59 Å². The number of carbonyl (C=O) groups excluding carboxylic acids is 2. The molecule has 108 valence electrons. The van der Waals surface area contributed by atoms with Crippen LogP contribution < -0.4 is 10.6 Å². The summed E-state index contributed by atoms with van der Waals surface area (Å²) in [6.07, 6.45) is 5.90. The van der Waals surface area contributed by atoms with Gasteiger partial charge in [0.05, 0.1) is 11.2 Å². The molecule has 0 aromatic carbocycles. The second-order valence-corrected chi connectivity index (χ2v) is 5.65. The fourth-order valence-electron chi connectivity index (χ4n) is 2.43. The first-order valence-corrected chi connectivity index (χ1v) is 7.72. The molecule has 6 heteroatoms. The first kappa shape index (κ1) is 14.7. The van der Waals surface area contributed by atoms with Crippen LogP contribution in [0.2, 0.25) is 0 Å². The number of amides is 2. The fraction of sp³-hybridized carbons (Fsp3) is 0.500. The average molecular weight is 293 g/mol. The Morgan fingerprint density at radius 2 is 2.05 bits per heavy atom. The van der Waals surface area contributed by atoms with Crippen LogP contribution in [-0.4, -0.2) is 29.9 Å². The van der Waals surface area contributed by atoms with E-state index in [2.05, 4.69) is 22.2 Å². The molecule has 2 rings (SSSR count). The topological polar surface area (TPSA) is 71.1 Å². The number of thiazole rings is 1. The van der Waals surface area contributed by atoms with Crippen LogP contribution in [0.5, 0.6) is 0 Å². The molecular formula is C14H19N3O2S. The molecule has 1 heterocycles. The Hall–Kier alpha value is -1.69. The Balaban J connectivity index is 1.85. The molecule has 2 N–H and O–H groups in total. The largest absolute Gasteiger partial charge is 0.351 e. The highest BCUT2D eigenvalue weighted by Crippen LogP contribution is 2.35. The second kappa shape index (κ2) is 7.19. The minimum Gasteiger partial charge on any atom is -0.351 e. The molecule has 0 radical (unpaired) electrons. The lowest BCUT2D eigenvalue weighted by Crippen LogP contribution is -2.34.